The Hall–Kier alpha value is -2.37. The van der Waals surface area contributed by atoms with Crippen molar-refractivity contribution in [3.63, 3.8) is 0 Å². The molecule has 1 aromatic carbocycles. The highest BCUT2D eigenvalue weighted by molar-refractivity contribution is 6.01. The standard InChI is InChI=1S/C11H10N4O2/c1-7-2-4-8(5-3-7)15-9(16)6-14-10(15)12-13-11(14)17/h2-5H,6H2,1H3,(H,13,17). The third-order valence-corrected chi connectivity index (χ3v) is 2.77. The van der Waals surface area contributed by atoms with Crippen LogP contribution in [-0.4, -0.2) is 20.7 Å². The summed E-state index contributed by atoms with van der Waals surface area (Å²) in [6, 6.07) is 7.50. The van der Waals surface area contributed by atoms with E-state index in [1.54, 1.807) is 0 Å². The third-order valence-electron chi connectivity index (χ3n) is 2.77. The molecule has 0 saturated carbocycles. The molecule has 3 rings (SSSR count). The molecule has 0 radical (unpaired) electrons. The van der Waals surface area contributed by atoms with Crippen molar-refractivity contribution in [2.75, 3.05) is 4.90 Å². The fourth-order valence-corrected chi connectivity index (χ4v) is 1.89. The monoisotopic (exact) mass is 230 g/mol. The van der Waals surface area contributed by atoms with E-state index >= 15 is 0 Å². The Morgan fingerprint density at radius 3 is 2.65 bits per heavy atom. The second-order valence-corrected chi connectivity index (χ2v) is 3.98. The number of H-pyrrole nitrogens is 1. The Labute approximate surface area is 96.5 Å². The first kappa shape index (κ1) is 9.83. The number of nitrogens with zero attached hydrogens (tertiary/aromatic N) is 3. The lowest BCUT2D eigenvalue weighted by molar-refractivity contribution is -0.117. The zero-order chi connectivity index (χ0) is 12.0. The van der Waals surface area contributed by atoms with Crippen molar-refractivity contribution in [1.29, 1.82) is 0 Å². The number of benzene rings is 1. The van der Waals surface area contributed by atoms with Crippen LogP contribution in [0.1, 0.15) is 5.56 Å². The quantitative estimate of drug-likeness (QED) is 0.778. The van der Waals surface area contributed by atoms with Gasteiger partial charge in [-0.3, -0.25) is 9.36 Å². The molecule has 0 saturated heterocycles. The van der Waals surface area contributed by atoms with Gasteiger partial charge in [0.05, 0.1) is 5.69 Å². The average molecular weight is 230 g/mol. The summed E-state index contributed by atoms with van der Waals surface area (Å²) >= 11 is 0. The van der Waals surface area contributed by atoms with E-state index in [0.29, 0.717) is 5.95 Å². The van der Waals surface area contributed by atoms with E-state index < -0.39 is 0 Å². The predicted molar refractivity (Wildman–Crippen MR) is 61.2 cm³/mol. The first-order valence-corrected chi connectivity index (χ1v) is 5.21. The Morgan fingerprint density at radius 2 is 1.94 bits per heavy atom. The van der Waals surface area contributed by atoms with Crippen LogP contribution < -0.4 is 10.6 Å². The molecule has 6 nitrogen and oxygen atoms in total. The third kappa shape index (κ3) is 1.37. The van der Waals surface area contributed by atoms with Gasteiger partial charge in [-0.05, 0) is 19.1 Å². The molecule has 0 unspecified atom stereocenters. The average Bonchev–Trinajstić information content (AvgIpc) is 2.81. The van der Waals surface area contributed by atoms with E-state index in [-0.39, 0.29) is 18.1 Å². The Morgan fingerprint density at radius 1 is 1.24 bits per heavy atom. The lowest BCUT2D eigenvalue weighted by Crippen LogP contribution is -2.23. The molecule has 86 valence electrons. The number of hydrogen-bond acceptors (Lipinski definition) is 3. The second kappa shape index (κ2) is 3.31. The molecule has 0 spiro atoms. The Kier molecular flexibility index (Phi) is 1.91. The summed E-state index contributed by atoms with van der Waals surface area (Å²) in [5.41, 5.74) is 1.47. The summed E-state index contributed by atoms with van der Waals surface area (Å²) in [5, 5.41) is 6.19. The van der Waals surface area contributed by atoms with Crippen LogP contribution in [0.4, 0.5) is 11.6 Å². The van der Waals surface area contributed by atoms with E-state index in [0.717, 1.165) is 11.3 Å². The molecule has 0 fully saturated rings. The molecule has 1 aromatic heterocycles. The van der Waals surface area contributed by atoms with Gasteiger partial charge >= 0.3 is 5.69 Å². The molecule has 1 N–H and O–H groups in total. The lowest BCUT2D eigenvalue weighted by Gasteiger charge is -2.13. The lowest BCUT2D eigenvalue weighted by atomic mass is 10.2. The number of amides is 1. The van der Waals surface area contributed by atoms with Gasteiger partial charge in [0, 0.05) is 0 Å². The van der Waals surface area contributed by atoms with Gasteiger partial charge in [0.25, 0.3) is 5.91 Å². The van der Waals surface area contributed by atoms with Gasteiger partial charge in [-0.1, -0.05) is 17.7 Å². The minimum absolute atomic E-state index is 0.0402. The van der Waals surface area contributed by atoms with Gasteiger partial charge in [-0.25, -0.2) is 14.8 Å². The van der Waals surface area contributed by atoms with Crippen LogP contribution in [-0.2, 0) is 11.3 Å². The van der Waals surface area contributed by atoms with Crippen LogP contribution in [0.15, 0.2) is 29.1 Å². The summed E-state index contributed by atoms with van der Waals surface area (Å²) in [6.45, 7) is 2.01. The largest absolute Gasteiger partial charge is 0.345 e. The number of hydrogen-bond donors (Lipinski definition) is 1. The van der Waals surface area contributed by atoms with Gasteiger partial charge in [-0.2, -0.15) is 0 Å². The highest BCUT2D eigenvalue weighted by Gasteiger charge is 2.31. The molecule has 0 aliphatic carbocycles. The van der Waals surface area contributed by atoms with Gasteiger partial charge in [0.1, 0.15) is 6.54 Å². The number of anilines is 2. The van der Waals surface area contributed by atoms with Crippen LogP contribution in [0, 0.1) is 6.92 Å². The minimum atomic E-state index is -0.358. The molecular formula is C11H10N4O2. The first-order chi connectivity index (χ1) is 8.16. The number of aromatic nitrogens is 3. The van der Waals surface area contributed by atoms with Crippen molar-refractivity contribution < 1.29 is 4.79 Å². The molecule has 1 amide bonds. The molecule has 1 aliphatic rings. The van der Waals surface area contributed by atoms with Crippen molar-refractivity contribution in [3.8, 4) is 0 Å². The fourth-order valence-electron chi connectivity index (χ4n) is 1.89. The Balaban J connectivity index is 2.12. The van der Waals surface area contributed by atoms with Crippen molar-refractivity contribution in [1.82, 2.24) is 14.8 Å². The van der Waals surface area contributed by atoms with Gasteiger partial charge in [-0.15, -0.1) is 5.10 Å². The number of carbonyl (C=O) groups excluding carboxylic acids is 1. The summed E-state index contributed by atoms with van der Waals surface area (Å²) in [7, 11) is 0. The Bertz CT molecular complexity index is 638. The molecule has 0 atom stereocenters. The van der Waals surface area contributed by atoms with Crippen LogP contribution in [0.2, 0.25) is 0 Å². The molecule has 0 bridgehead atoms. The van der Waals surface area contributed by atoms with Crippen molar-refractivity contribution >= 4 is 17.5 Å². The zero-order valence-corrected chi connectivity index (χ0v) is 9.17. The minimum Gasteiger partial charge on any atom is -0.272 e. The molecule has 6 heteroatoms. The molecule has 2 aromatic rings. The van der Waals surface area contributed by atoms with Crippen molar-refractivity contribution in [3.05, 3.63) is 40.3 Å². The molecular weight excluding hydrogens is 220 g/mol. The topological polar surface area (TPSA) is 71.0 Å². The number of aryl methyl sites for hydroxylation is 1. The van der Waals surface area contributed by atoms with E-state index in [1.807, 2.05) is 31.2 Å². The number of carbonyl (C=O) groups is 1. The number of nitrogens with one attached hydrogen (secondary N) is 1. The number of fused-ring (bicyclic) bond motifs is 1. The highest BCUT2D eigenvalue weighted by Crippen LogP contribution is 2.27. The van der Waals surface area contributed by atoms with Gasteiger partial charge < -0.3 is 0 Å². The summed E-state index contributed by atoms with van der Waals surface area (Å²) in [5.74, 6) is 0.200. The van der Waals surface area contributed by atoms with Crippen molar-refractivity contribution in [2.24, 2.45) is 0 Å². The first-order valence-electron chi connectivity index (χ1n) is 5.21. The molecule has 2 heterocycles. The fraction of sp³-hybridized carbons (Fsp3) is 0.182. The van der Waals surface area contributed by atoms with Crippen LogP contribution in [0.25, 0.3) is 0 Å². The number of aromatic amines is 1. The van der Waals surface area contributed by atoms with E-state index in [4.69, 9.17) is 0 Å². The SMILES string of the molecule is Cc1ccc(N2C(=O)Cn3c2n[nH]c3=O)cc1. The van der Waals surface area contributed by atoms with E-state index in [2.05, 4.69) is 10.2 Å². The predicted octanol–water partition coefficient (Wildman–Crippen LogP) is 0.558. The zero-order valence-electron chi connectivity index (χ0n) is 9.17. The smallest absolute Gasteiger partial charge is 0.272 e. The van der Waals surface area contributed by atoms with Crippen LogP contribution >= 0.6 is 0 Å². The van der Waals surface area contributed by atoms with E-state index in [9.17, 15) is 9.59 Å². The summed E-state index contributed by atoms with van der Waals surface area (Å²) in [6.07, 6.45) is 0. The summed E-state index contributed by atoms with van der Waals surface area (Å²) in [4.78, 5) is 24.6. The second-order valence-electron chi connectivity index (χ2n) is 3.98. The maximum Gasteiger partial charge on any atom is 0.345 e. The van der Waals surface area contributed by atoms with Gasteiger partial charge in [0.15, 0.2) is 0 Å². The summed E-state index contributed by atoms with van der Waals surface area (Å²) < 4.78 is 1.32. The maximum atomic E-state index is 11.8. The molecule has 1 aliphatic heterocycles. The molecule has 17 heavy (non-hydrogen) atoms. The van der Waals surface area contributed by atoms with Gasteiger partial charge in [0.2, 0.25) is 5.95 Å². The van der Waals surface area contributed by atoms with Crippen molar-refractivity contribution in [2.45, 2.75) is 13.5 Å². The van der Waals surface area contributed by atoms with E-state index in [1.165, 1.54) is 9.47 Å². The highest BCUT2D eigenvalue weighted by atomic mass is 16.2. The van der Waals surface area contributed by atoms with Crippen LogP contribution in [0.5, 0.6) is 0 Å². The number of rotatable bonds is 1. The normalized spacial score (nSPS) is 14.2. The van der Waals surface area contributed by atoms with Crippen LogP contribution in [0.3, 0.4) is 0 Å². The maximum absolute atomic E-state index is 11.8.